The SMILES string of the molecule is CC(C)NCc1ccc(N(C)Cc2cnn(C)c2)nn1. The standard InChI is InChI=1S/C14H22N6/c1-11(2)15-8-13-5-6-14(18-17-13)19(3)9-12-7-16-20(4)10-12/h5-7,10-11,15H,8-9H2,1-4H3. The monoisotopic (exact) mass is 274 g/mol. The van der Waals surface area contributed by atoms with Crippen LogP contribution in [-0.4, -0.2) is 33.1 Å². The first kappa shape index (κ1) is 14.5. The van der Waals surface area contributed by atoms with Gasteiger partial charge in [-0.2, -0.15) is 10.2 Å². The van der Waals surface area contributed by atoms with Crippen molar-refractivity contribution in [1.29, 1.82) is 0 Å². The van der Waals surface area contributed by atoms with Crippen molar-refractivity contribution in [2.45, 2.75) is 33.0 Å². The zero-order valence-electron chi connectivity index (χ0n) is 12.5. The number of aryl methyl sites for hydroxylation is 1. The molecule has 2 heterocycles. The van der Waals surface area contributed by atoms with Crippen LogP contribution in [0, 0.1) is 0 Å². The summed E-state index contributed by atoms with van der Waals surface area (Å²) in [5, 5.41) is 16.0. The Labute approximate surface area is 119 Å². The third-order valence-corrected chi connectivity index (χ3v) is 2.97. The van der Waals surface area contributed by atoms with E-state index in [9.17, 15) is 0 Å². The second-order valence-corrected chi connectivity index (χ2v) is 5.30. The smallest absolute Gasteiger partial charge is 0.151 e. The lowest BCUT2D eigenvalue weighted by atomic mass is 10.3. The largest absolute Gasteiger partial charge is 0.354 e. The van der Waals surface area contributed by atoms with E-state index in [0.717, 1.165) is 30.2 Å². The molecule has 0 radical (unpaired) electrons. The van der Waals surface area contributed by atoms with Gasteiger partial charge in [0.25, 0.3) is 0 Å². The van der Waals surface area contributed by atoms with E-state index in [2.05, 4.69) is 39.4 Å². The number of rotatable bonds is 6. The van der Waals surface area contributed by atoms with Crippen molar-refractivity contribution in [3.05, 3.63) is 35.8 Å². The number of anilines is 1. The summed E-state index contributed by atoms with van der Waals surface area (Å²) in [5.41, 5.74) is 2.11. The minimum absolute atomic E-state index is 0.449. The van der Waals surface area contributed by atoms with E-state index in [4.69, 9.17) is 0 Å². The zero-order valence-corrected chi connectivity index (χ0v) is 12.5. The number of aromatic nitrogens is 4. The highest BCUT2D eigenvalue weighted by molar-refractivity contribution is 5.37. The molecule has 2 aromatic heterocycles. The lowest BCUT2D eigenvalue weighted by Gasteiger charge is -2.16. The minimum Gasteiger partial charge on any atom is -0.354 e. The van der Waals surface area contributed by atoms with Crippen molar-refractivity contribution < 1.29 is 0 Å². The lowest BCUT2D eigenvalue weighted by Crippen LogP contribution is -2.23. The topological polar surface area (TPSA) is 58.9 Å². The average molecular weight is 274 g/mol. The fourth-order valence-electron chi connectivity index (χ4n) is 1.87. The molecular formula is C14H22N6. The predicted octanol–water partition coefficient (Wildman–Crippen LogP) is 1.34. The van der Waals surface area contributed by atoms with Crippen molar-refractivity contribution >= 4 is 5.82 Å². The quantitative estimate of drug-likeness (QED) is 0.861. The fourth-order valence-corrected chi connectivity index (χ4v) is 1.87. The molecule has 0 aromatic carbocycles. The van der Waals surface area contributed by atoms with Gasteiger partial charge in [0.1, 0.15) is 0 Å². The number of nitrogens with one attached hydrogen (secondary N) is 1. The van der Waals surface area contributed by atoms with Gasteiger partial charge >= 0.3 is 0 Å². The van der Waals surface area contributed by atoms with Gasteiger partial charge in [-0.15, -0.1) is 5.10 Å². The van der Waals surface area contributed by atoms with Crippen LogP contribution in [0.15, 0.2) is 24.5 Å². The Balaban J connectivity index is 1.94. The van der Waals surface area contributed by atoms with Gasteiger partial charge in [0.2, 0.25) is 0 Å². The molecular weight excluding hydrogens is 252 g/mol. The Morgan fingerprint density at radius 2 is 2.10 bits per heavy atom. The number of hydrogen-bond acceptors (Lipinski definition) is 5. The van der Waals surface area contributed by atoms with Crippen LogP contribution < -0.4 is 10.2 Å². The molecule has 2 rings (SSSR count). The van der Waals surface area contributed by atoms with Gasteiger partial charge in [0.15, 0.2) is 5.82 Å². The molecule has 0 aliphatic carbocycles. The molecule has 0 aliphatic heterocycles. The van der Waals surface area contributed by atoms with Crippen LogP contribution in [0.3, 0.4) is 0 Å². The predicted molar refractivity (Wildman–Crippen MR) is 79.3 cm³/mol. The van der Waals surface area contributed by atoms with Gasteiger partial charge in [-0.25, -0.2) is 0 Å². The highest BCUT2D eigenvalue weighted by Gasteiger charge is 2.06. The summed E-state index contributed by atoms with van der Waals surface area (Å²) < 4.78 is 1.80. The molecule has 20 heavy (non-hydrogen) atoms. The molecule has 0 aliphatic rings. The van der Waals surface area contributed by atoms with E-state index in [1.807, 2.05) is 38.6 Å². The van der Waals surface area contributed by atoms with Gasteiger partial charge in [0.05, 0.1) is 11.9 Å². The maximum Gasteiger partial charge on any atom is 0.151 e. The van der Waals surface area contributed by atoms with Crippen molar-refractivity contribution in [2.75, 3.05) is 11.9 Å². The highest BCUT2D eigenvalue weighted by atomic mass is 15.3. The van der Waals surface area contributed by atoms with Crippen LogP contribution in [0.25, 0.3) is 0 Å². The molecule has 0 unspecified atom stereocenters. The molecule has 0 spiro atoms. The van der Waals surface area contributed by atoms with E-state index in [0.29, 0.717) is 6.04 Å². The van der Waals surface area contributed by atoms with Crippen LogP contribution in [0.4, 0.5) is 5.82 Å². The van der Waals surface area contributed by atoms with E-state index >= 15 is 0 Å². The summed E-state index contributed by atoms with van der Waals surface area (Å²) in [4.78, 5) is 2.06. The molecule has 0 saturated carbocycles. The van der Waals surface area contributed by atoms with Crippen molar-refractivity contribution in [3.63, 3.8) is 0 Å². The van der Waals surface area contributed by atoms with Gasteiger partial charge in [-0.3, -0.25) is 4.68 Å². The van der Waals surface area contributed by atoms with E-state index in [1.54, 1.807) is 4.68 Å². The Morgan fingerprint density at radius 1 is 1.30 bits per heavy atom. The summed E-state index contributed by atoms with van der Waals surface area (Å²) in [7, 11) is 3.92. The third kappa shape index (κ3) is 4.03. The first-order valence-electron chi connectivity index (χ1n) is 6.79. The molecule has 0 fully saturated rings. The fraction of sp³-hybridized carbons (Fsp3) is 0.500. The first-order valence-corrected chi connectivity index (χ1v) is 6.79. The third-order valence-electron chi connectivity index (χ3n) is 2.97. The van der Waals surface area contributed by atoms with E-state index in [1.165, 1.54) is 0 Å². The molecule has 0 saturated heterocycles. The molecule has 6 nitrogen and oxygen atoms in total. The normalized spacial score (nSPS) is 11.1. The second-order valence-electron chi connectivity index (χ2n) is 5.30. The first-order chi connectivity index (χ1) is 9.54. The summed E-state index contributed by atoms with van der Waals surface area (Å²) in [5.74, 6) is 0.863. The van der Waals surface area contributed by atoms with Gasteiger partial charge < -0.3 is 10.2 Å². The highest BCUT2D eigenvalue weighted by Crippen LogP contribution is 2.11. The van der Waals surface area contributed by atoms with Gasteiger partial charge in [0, 0.05) is 45.0 Å². The molecule has 2 aromatic rings. The lowest BCUT2D eigenvalue weighted by molar-refractivity contribution is 0.577. The maximum absolute atomic E-state index is 4.27. The van der Waals surface area contributed by atoms with Gasteiger partial charge in [-0.1, -0.05) is 13.8 Å². The Hall–Kier alpha value is -1.95. The molecule has 1 N–H and O–H groups in total. The average Bonchev–Trinajstić information content (AvgIpc) is 2.82. The van der Waals surface area contributed by atoms with Crippen LogP contribution >= 0.6 is 0 Å². The van der Waals surface area contributed by atoms with Crippen LogP contribution in [0.5, 0.6) is 0 Å². The Bertz CT molecular complexity index is 531. The van der Waals surface area contributed by atoms with Crippen LogP contribution in [-0.2, 0) is 20.1 Å². The summed E-state index contributed by atoms with van der Waals surface area (Å²) in [6.07, 6.45) is 3.87. The van der Waals surface area contributed by atoms with Crippen molar-refractivity contribution in [3.8, 4) is 0 Å². The molecule has 0 atom stereocenters. The zero-order chi connectivity index (χ0) is 14.5. The minimum atomic E-state index is 0.449. The number of nitrogens with zero attached hydrogens (tertiary/aromatic N) is 5. The van der Waals surface area contributed by atoms with E-state index < -0.39 is 0 Å². The molecule has 108 valence electrons. The molecule has 6 heteroatoms. The molecule has 0 amide bonds. The van der Waals surface area contributed by atoms with E-state index in [-0.39, 0.29) is 0 Å². The van der Waals surface area contributed by atoms with Crippen LogP contribution in [0.2, 0.25) is 0 Å². The Morgan fingerprint density at radius 3 is 2.65 bits per heavy atom. The second kappa shape index (κ2) is 6.47. The van der Waals surface area contributed by atoms with Gasteiger partial charge in [-0.05, 0) is 12.1 Å². The summed E-state index contributed by atoms with van der Waals surface area (Å²) in [6, 6.07) is 4.46. The van der Waals surface area contributed by atoms with Crippen molar-refractivity contribution in [2.24, 2.45) is 7.05 Å². The maximum atomic E-state index is 4.27. The Kier molecular flexibility index (Phi) is 4.68. The summed E-state index contributed by atoms with van der Waals surface area (Å²) in [6.45, 7) is 5.75. The number of hydrogen-bond donors (Lipinski definition) is 1. The summed E-state index contributed by atoms with van der Waals surface area (Å²) >= 11 is 0. The molecule has 0 bridgehead atoms. The van der Waals surface area contributed by atoms with Crippen LogP contribution in [0.1, 0.15) is 25.1 Å². The van der Waals surface area contributed by atoms with Crippen molar-refractivity contribution in [1.82, 2.24) is 25.3 Å².